The fourth-order valence-electron chi connectivity index (χ4n) is 4.18. The van der Waals surface area contributed by atoms with Crippen LogP contribution in [0.3, 0.4) is 0 Å². The van der Waals surface area contributed by atoms with Gasteiger partial charge in [-0.15, -0.1) is 0 Å². The molecule has 0 aromatic heterocycles. The lowest BCUT2D eigenvalue weighted by atomic mass is 9.67. The lowest BCUT2D eigenvalue weighted by Crippen LogP contribution is -2.60. The van der Waals surface area contributed by atoms with E-state index in [1.165, 1.54) is 32.0 Å². The van der Waals surface area contributed by atoms with Gasteiger partial charge in [0, 0.05) is 23.7 Å². The summed E-state index contributed by atoms with van der Waals surface area (Å²) in [5, 5.41) is 1.91. The largest absolute Gasteiger partial charge is 0.471 e. The Kier molecular flexibility index (Phi) is 7.79. The molecule has 0 aliphatic carbocycles. The van der Waals surface area contributed by atoms with Crippen LogP contribution < -0.4 is 5.32 Å². The molecule has 0 atom stereocenters. The Labute approximate surface area is 217 Å². The van der Waals surface area contributed by atoms with Gasteiger partial charge in [0.1, 0.15) is 15.6 Å². The van der Waals surface area contributed by atoms with Crippen LogP contribution in [0.15, 0.2) is 57.2 Å². The molecule has 7 nitrogen and oxygen atoms in total. The summed E-state index contributed by atoms with van der Waals surface area (Å²) in [6.07, 6.45) is -4.94. The molecule has 3 rings (SSSR count). The normalized spacial score (nSPS) is 17.4. The Morgan fingerprint density at radius 3 is 2.08 bits per heavy atom. The third-order valence-electron chi connectivity index (χ3n) is 6.96. The van der Waals surface area contributed by atoms with E-state index in [9.17, 15) is 39.2 Å². The van der Waals surface area contributed by atoms with Gasteiger partial charge in [0.25, 0.3) is 0 Å². The fourth-order valence-corrected chi connectivity index (χ4v) is 7.99. The molecule has 1 heterocycles. The number of sulfone groups is 1. The molecular formula is C23H25ClF4N2O5S2. The van der Waals surface area contributed by atoms with Crippen molar-refractivity contribution in [2.24, 2.45) is 5.41 Å². The Morgan fingerprint density at radius 2 is 1.54 bits per heavy atom. The molecule has 37 heavy (non-hydrogen) atoms. The first-order valence-electron chi connectivity index (χ1n) is 11.0. The lowest BCUT2D eigenvalue weighted by molar-refractivity contribution is -0.177. The summed E-state index contributed by atoms with van der Waals surface area (Å²) < 4.78 is 107. The van der Waals surface area contributed by atoms with Crippen LogP contribution >= 0.6 is 11.6 Å². The predicted octanol–water partition coefficient (Wildman–Crippen LogP) is 4.56. The summed E-state index contributed by atoms with van der Waals surface area (Å²) >= 11 is 5.97. The van der Waals surface area contributed by atoms with Gasteiger partial charge in [0.2, 0.25) is 19.9 Å². The first-order valence-corrected chi connectivity index (χ1v) is 14.3. The van der Waals surface area contributed by atoms with E-state index >= 15 is 0 Å². The molecule has 14 heteroatoms. The summed E-state index contributed by atoms with van der Waals surface area (Å²) in [6, 6.07) is 7.65. The zero-order valence-corrected chi connectivity index (χ0v) is 22.5. The quantitative estimate of drug-likeness (QED) is 0.502. The number of nitrogens with one attached hydrogen (secondary N) is 1. The number of benzene rings is 2. The second kappa shape index (κ2) is 9.83. The number of rotatable bonds is 6. The molecule has 0 unspecified atom stereocenters. The molecule has 1 aliphatic heterocycles. The predicted molar refractivity (Wildman–Crippen MR) is 128 cm³/mol. The Balaban J connectivity index is 1.94. The summed E-state index contributed by atoms with van der Waals surface area (Å²) in [4.78, 5) is 9.52. The number of hydrogen-bond donors (Lipinski definition) is 1. The minimum Gasteiger partial charge on any atom is -0.343 e. The van der Waals surface area contributed by atoms with E-state index in [0.29, 0.717) is 0 Å². The highest BCUT2D eigenvalue weighted by Gasteiger charge is 2.50. The van der Waals surface area contributed by atoms with E-state index < -0.39 is 63.4 Å². The molecule has 1 aliphatic rings. The highest BCUT2D eigenvalue weighted by Crippen LogP contribution is 2.43. The number of carbonyl (C=O) groups is 1. The van der Waals surface area contributed by atoms with Gasteiger partial charge >= 0.3 is 12.1 Å². The molecule has 0 saturated carbocycles. The van der Waals surface area contributed by atoms with Crippen LogP contribution in [0.5, 0.6) is 0 Å². The van der Waals surface area contributed by atoms with Gasteiger partial charge in [-0.25, -0.2) is 21.2 Å². The van der Waals surface area contributed by atoms with Crippen molar-refractivity contribution in [3.05, 3.63) is 53.3 Å². The second-order valence-corrected chi connectivity index (χ2v) is 13.8. The number of nitrogens with zero attached hydrogens (tertiary/aromatic N) is 1. The molecule has 2 aromatic carbocycles. The van der Waals surface area contributed by atoms with Gasteiger partial charge in [-0.1, -0.05) is 30.7 Å². The third-order valence-corrected chi connectivity index (χ3v) is 11.1. The van der Waals surface area contributed by atoms with Crippen LogP contribution in [0.2, 0.25) is 5.02 Å². The summed E-state index contributed by atoms with van der Waals surface area (Å²) in [5.74, 6) is -3.17. The highest BCUT2D eigenvalue weighted by atomic mass is 35.5. The molecule has 1 fully saturated rings. The van der Waals surface area contributed by atoms with Gasteiger partial charge in [0.05, 0.1) is 4.90 Å². The lowest BCUT2D eigenvalue weighted by Gasteiger charge is -2.49. The maximum absolute atomic E-state index is 14.3. The van der Waals surface area contributed by atoms with Crippen LogP contribution in [0.25, 0.3) is 0 Å². The number of amides is 1. The Bertz CT molecular complexity index is 1420. The fraction of sp³-hybridized carbons (Fsp3) is 0.435. The summed E-state index contributed by atoms with van der Waals surface area (Å²) in [5.41, 5.74) is -2.25. The van der Waals surface area contributed by atoms with Crippen LogP contribution in [0, 0.1) is 11.2 Å². The molecular weight excluding hydrogens is 560 g/mol. The van der Waals surface area contributed by atoms with Crippen molar-refractivity contribution in [1.82, 2.24) is 9.62 Å². The van der Waals surface area contributed by atoms with Crippen molar-refractivity contribution in [3.63, 3.8) is 0 Å². The van der Waals surface area contributed by atoms with E-state index in [1.807, 2.05) is 5.32 Å². The van der Waals surface area contributed by atoms with Gasteiger partial charge in [-0.2, -0.15) is 17.5 Å². The van der Waals surface area contributed by atoms with Gasteiger partial charge < -0.3 is 5.32 Å². The van der Waals surface area contributed by atoms with Crippen molar-refractivity contribution < 1.29 is 39.2 Å². The van der Waals surface area contributed by atoms with E-state index in [-0.39, 0.29) is 31.0 Å². The Hall–Kier alpha value is -2.22. The first-order chi connectivity index (χ1) is 16.8. The molecule has 1 N–H and O–H groups in total. The summed E-state index contributed by atoms with van der Waals surface area (Å²) in [6.45, 7) is 4.18. The monoisotopic (exact) mass is 584 g/mol. The second-order valence-electron chi connectivity index (χ2n) is 9.57. The van der Waals surface area contributed by atoms with Crippen LogP contribution in [-0.4, -0.2) is 51.9 Å². The highest BCUT2D eigenvalue weighted by molar-refractivity contribution is 7.93. The number of hydrogen-bond acceptors (Lipinski definition) is 5. The number of sulfonamides is 1. The third kappa shape index (κ3) is 5.64. The topological polar surface area (TPSA) is 101 Å². The number of piperidine rings is 1. The molecule has 0 spiro atoms. The summed E-state index contributed by atoms with van der Waals surface area (Å²) in [7, 11) is -9.09. The molecule has 0 radical (unpaired) electrons. The van der Waals surface area contributed by atoms with Gasteiger partial charge in [-0.05, 0) is 62.4 Å². The van der Waals surface area contributed by atoms with Gasteiger partial charge in [0.15, 0.2) is 0 Å². The maximum atomic E-state index is 14.3. The van der Waals surface area contributed by atoms with Crippen molar-refractivity contribution in [2.45, 2.75) is 60.0 Å². The zero-order chi connectivity index (χ0) is 28.0. The standard InChI is InChI=1S/C23H25ClF4N2O5S2/c1-21(2,29-20(31)23(26,27)28)22(3)10-12-30(13-11-22)37(34,35)18-9-8-15(24)14-19(18)36(32,33)17-7-5-4-6-16(17)25/h4-9,14H,10-13H2,1-3H3,(H,29,31). The molecule has 1 amide bonds. The minimum atomic E-state index is -5.08. The number of alkyl halides is 3. The smallest absolute Gasteiger partial charge is 0.343 e. The van der Waals surface area contributed by atoms with Crippen molar-refractivity contribution in [1.29, 1.82) is 0 Å². The SMILES string of the molecule is CC1(C(C)(C)NC(=O)C(F)(F)F)CCN(S(=O)(=O)c2ccc(Cl)cc2S(=O)(=O)c2ccccc2F)CC1. The molecule has 0 bridgehead atoms. The van der Waals surface area contributed by atoms with Gasteiger partial charge in [-0.3, -0.25) is 4.79 Å². The van der Waals surface area contributed by atoms with Crippen molar-refractivity contribution >= 4 is 37.4 Å². The minimum absolute atomic E-state index is 0.0698. The van der Waals surface area contributed by atoms with Crippen molar-refractivity contribution in [3.8, 4) is 0 Å². The Morgan fingerprint density at radius 1 is 0.973 bits per heavy atom. The van der Waals surface area contributed by atoms with Crippen molar-refractivity contribution in [2.75, 3.05) is 13.1 Å². The van der Waals surface area contributed by atoms with E-state index in [1.54, 1.807) is 6.92 Å². The molecule has 204 valence electrons. The average Bonchev–Trinajstić information content (AvgIpc) is 2.78. The van der Waals surface area contributed by atoms with E-state index in [2.05, 4.69) is 0 Å². The number of carbonyl (C=O) groups excluding carboxylic acids is 1. The molecule has 2 aromatic rings. The van der Waals surface area contributed by atoms with E-state index in [0.717, 1.165) is 28.6 Å². The van der Waals surface area contributed by atoms with E-state index in [4.69, 9.17) is 11.6 Å². The zero-order valence-electron chi connectivity index (χ0n) is 20.1. The maximum Gasteiger partial charge on any atom is 0.471 e. The number of halogens is 5. The molecule has 1 saturated heterocycles. The van der Waals surface area contributed by atoms with Crippen LogP contribution in [-0.2, 0) is 24.7 Å². The average molecular weight is 585 g/mol. The van der Waals surface area contributed by atoms with Crippen LogP contribution in [0.1, 0.15) is 33.6 Å². The van der Waals surface area contributed by atoms with Crippen LogP contribution in [0.4, 0.5) is 17.6 Å². The first kappa shape index (κ1) is 29.3.